The van der Waals surface area contributed by atoms with Gasteiger partial charge < -0.3 is 5.32 Å². The molecule has 0 aliphatic carbocycles. The molecule has 0 aliphatic rings. The van der Waals surface area contributed by atoms with Crippen molar-refractivity contribution >= 4 is 12.2 Å². The standard InChI is InChI=1S/C10H16N2O/c1-5-9(8(3)4)7-12-10(13)11-6-2/h5-8H,1H2,2-4H3,(H,12,13)/b9-7+,11-6+. The Morgan fingerprint density at radius 1 is 1.54 bits per heavy atom. The average molecular weight is 180 g/mol. The average Bonchev–Trinajstić information content (AvgIpc) is 2.05. The van der Waals surface area contributed by atoms with Crippen LogP contribution in [0.15, 0.2) is 29.4 Å². The minimum Gasteiger partial charge on any atom is -0.312 e. The quantitative estimate of drug-likeness (QED) is 0.526. The van der Waals surface area contributed by atoms with Crippen molar-refractivity contribution in [3.05, 3.63) is 24.4 Å². The van der Waals surface area contributed by atoms with Crippen LogP contribution in [0.1, 0.15) is 20.8 Å². The van der Waals surface area contributed by atoms with Gasteiger partial charge in [0.1, 0.15) is 0 Å². The van der Waals surface area contributed by atoms with Crippen LogP contribution in [0.3, 0.4) is 0 Å². The van der Waals surface area contributed by atoms with E-state index in [1.54, 1.807) is 19.2 Å². The molecule has 0 spiro atoms. The summed E-state index contributed by atoms with van der Waals surface area (Å²) in [5.74, 6) is 0.350. The van der Waals surface area contributed by atoms with E-state index in [2.05, 4.69) is 16.9 Å². The minimum absolute atomic E-state index is 0.350. The highest BCUT2D eigenvalue weighted by Crippen LogP contribution is 2.08. The summed E-state index contributed by atoms with van der Waals surface area (Å²) in [6, 6.07) is -0.359. The fourth-order valence-corrected chi connectivity index (χ4v) is 0.761. The monoisotopic (exact) mass is 180 g/mol. The van der Waals surface area contributed by atoms with Gasteiger partial charge in [-0.25, -0.2) is 9.79 Å². The first-order valence-electron chi connectivity index (χ1n) is 4.23. The van der Waals surface area contributed by atoms with Crippen molar-refractivity contribution < 1.29 is 4.79 Å². The second-order valence-corrected chi connectivity index (χ2v) is 2.84. The first-order valence-corrected chi connectivity index (χ1v) is 4.23. The van der Waals surface area contributed by atoms with Crippen LogP contribution in [-0.2, 0) is 0 Å². The molecule has 2 amide bonds. The summed E-state index contributed by atoms with van der Waals surface area (Å²) in [4.78, 5) is 14.4. The number of rotatable bonds is 3. The second kappa shape index (κ2) is 6.17. The van der Waals surface area contributed by atoms with Crippen molar-refractivity contribution in [2.45, 2.75) is 20.8 Å². The zero-order valence-corrected chi connectivity index (χ0v) is 8.37. The molecule has 13 heavy (non-hydrogen) atoms. The zero-order valence-electron chi connectivity index (χ0n) is 8.37. The van der Waals surface area contributed by atoms with Crippen LogP contribution < -0.4 is 5.32 Å². The summed E-state index contributed by atoms with van der Waals surface area (Å²) in [5.41, 5.74) is 0.986. The van der Waals surface area contributed by atoms with Gasteiger partial charge in [0.05, 0.1) is 0 Å². The number of allylic oxidation sites excluding steroid dienone is 2. The zero-order chi connectivity index (χ0) is 10.3. The maximum atomic E-state index is 10.9. The molecule has 0 aromatic carbocycles. The summed E-state index contributed by atoms with van der Waals surface area (Å²) in [7, 11) is 0. The Kier molecular flexibility index (Phi) is 5.52. The van der Waals surface area contributed by atoms with Crippen LogP contribution in [0.5, 0.6) is 0 Å². The lowest BCUT2D eigenvalue weighted by atomic mass is 10.1. The summed E-state index contributed by atoms with van der Waals surface area (Å²) < 4.78 is 0. The molecule has 0 atom stereocenters. The third-order valence-electron chi connectivity index (χ3n) is 1.51. The van der Waals surface area contributed by atoms with Crippen molar-refractivity contribution in [1.82, 2.24) is 5.32 Å². The van der Waals surface area contributed by atoms with E-state index in [-0.39, 0.29) is 6.03 Å². The Morgan fingerprint density at radius 2 is 2.15 bits per heavy atom. The molecule has 0 rings (SSSR count). The number of carbonyl (C=O) groups excluding carboxylic acids is 1. The van der Waals surface area contributed by atoms with Gasteiger partial charge in [0.15, 0.2) is 0 Å². The highest BCUT2D eigenvalue weighted by molar-refractivity contribution is 5.83. The van der Waals surface area contributed by atoms with Crippen molar-refractivity contribution in [2.24, 2.45) is 10.9 Å². The summed E-state index contributed by atoms with van der Waals surface area (Å²) in [6.45, 7) is 9.40. The van der Waals surface area contributed by atoms with Crippen LogP contribution in [-0.4, -0.2) is 12.2 Å². The number of carbonyl (C=O) groups is 1. The van der Waals surface area contributed by atoms with Crippen LogP contribution in [0, 0.1) is 5.92 Å². The van der Waals surface area contributed by atoms with Gasteiger partial charge in [0.25, 0.3) is 0 Å². The van der Waals surface area contributed by atoms with Crippen LogP contribution in [0.25, 0.3) is 0 Å². The van der Waals surface area contributed by atoms with Crippen LogP contribution in [0.4, 0.5) is 4.79 Å². The van der Waals surface area contributed by atoms with E-state index in [4.69, 9.17) is 0 Å². The molecule has 0 unspecified atom stereocenters. The lowest BCUT2D eigenvalue weighted by Gasteiger charge is -2.04. The third kappa shape index (κ3) is 4.95. The lowest BCUT2D eigenvalue weighted by Crippen LogP contribution is -2.13. The van der Waals surface area contributed by atoms with Crippen molar-refractivity contribution in [3.63, 3.8) is 0 Å². The Morgan fingerprint density at radius 3 is 2.54 bits per heavy atom. The normalized spacial score (nSPS) is 12.2. The highest BCUT2D eigenvalue weighted by atomic mass is 16.2. The van der Waals surface area contributed by atoms with Crippen molar-refractivity contribution in [3.8, 4) is 0 Å². The molecule has 3 nitrogen and oxygen atoms in total. The number of aliphatic imine (C=N–C) groups is 1. The molecule has 0 aromatic rings. The molecule has 3 heteroatoms. The van der Waals surface area contributed by atoms with Gasteiger partial charge in [-0.05, 0) is 18.4 Å². The van der Waals surface area contributed by atoms with E-state index in [0.29, 0.717) is 5.92 Å². The molecule has 0 saturated heterocycles. The number of nitrogens with one attached hydrogen (secondary N) is 1. The molecular weight excluding hydrogens is 164 g/mol. The van der Waals surface area contributed by atoms with Gasteiger partial charge in [-0.3, -0.25) is 0 Å². The van der Waals surface area contributed by atoms with Gasteiger partial charge in [0, 0.05) is 12.4 Å². The molecule has 1 N–H and O–H groups in total. The molecule has 0 fully saturated rings. The van der Waals surface area contributed by atoms with E-state index in [1.807, 2.05) is 13.8 Å². The molecule has 0 aliphatic heterocycles. The minimum atomic E-state index is -0.359. The smallest absolute Gasteiger partial charge is 0.312 e. The maximum absolute atomic E-state index is 10.9. The van der Waals surface area contributed by atoms with Gasteiger partial charge in [-0.2, -0.15) is 0 Å². The van der Waals surface area contributed by atoms with E-state index < -0.39 is 0 Å². The first-order chi connectivity index (χ1) is 6.11. The Hall–Kier alpha value is -1.38. The molecule has 0 heterocycles. The largest absolute Gasteiger partial charge is 0.344 e. The van der Waals surface area contributed by atoms with E-state index >= 15 is 0 Å². The van der Waals surface area contributed by atoms with Crippen molar-refractivity contribution in [2.75, 3.05) is 0 Å². The number of amides is 2. The van der Waals surface area contributed by atoms with E-state index in [0.717, 1.165) is 5.57 Å². The van der Waals surface area contributed by atoms with Gasteiger partial charge >= 0.3 is 6.03 Å². The van der Waals surface area contributed by atoms with Crippen molar-refractivity contribution in [1.29, 1.82) is 0 Å². The first kappa shape index (κ1) is 11.6. The molecule has 0 radical (unpaired) electrons. The predicted molar refractivity (Wildman–Crippen MR) is 55.8 cm³/mol. The SMILES string of the molecule is C=C/C(=C\NC(=O)/N=C/C)C(C)C. The van der Waals surface area contributed by atoms with E-state index in [1.165, 1.54) is 6.21 Å². The molecular formula is C10H16N2O. The fraction of sp³-hybridized carbons (Fsp3) is 0.400. The summed E-state index contributed by atoms with van der Waals surface area (Å²) in [6.07, 6.45) is 4.81. The molecule has 0 saturated carbocycles. The maximum Gasteiger partial charge on any atom is 0.344 e. The highest BCUT2D eigenvalue weighted by Gasteiger charge is 1.98. The van der Waals surface area contributed by atoms with E-state index in [9.17, 15) is 4.79 Å². The summed E-state index contributed by atoms with van der Waals surface area (Å²) >= 11 is 0. The number of urea groups is 1. The second-order valence-electron chi connectivity index (χ2n) is 2.84. The topological polar surface area (TPSA) is 41.5 Å². The number of hydrogen-bond acceptors (Lipinski definition) is 1. The van der Waals surface area contributed by atoms with Gasteiger partial charge in [-0.1, -0.05) is 26.5 Å². The van der Waals surface area contributed by atoms with Crippen LogP contribution in [0.2, 0.25) is 0 Å². The Balaban J connectivity index is 4.22. The lowest BCUT2D eigenvalue weighted by molar-refractivity contribution is 0.252. The molecule has 0 aromatic heterocycles. The third-order valence-corrected chi connectivity index (χ3v) is 1.51. The number of hydrogen-bond donors (Lipinski definition) is 1. The Bertz CT molecular complexity index is 239. The molecule has 0 bridgehead atoms. The fourth-order valence-electron chi connectivity index (χ4n) is 0.761. The predicted octanol–water partition coefficient (Wildman–Crippen LogP) is 2.51. The van der Waals surface area contributed by atoms with Gasteiger partial charge in [-0.15, -0.1) is 0 Å². The van der Waals surface area contributed by atoms with Gasteiger partial charge in [0.2, 0.25) is 0 Å². The summed E-state index contributed by atoms with van der Waals surface area (Å²) in [5, 5.41) is 2.55. The number of nitrogens with zero attached hydrogens (tertiary/aromatic N) is 1. The molecule has 72 valence electrons. The Labute approximate surface area is 79.3 Å². The van der Waals surface area contributed by atoms with Crippen LogP contribution >= 0.6 is 0 Å².